The molecule has 0 aliphatic carbocycles. The van der Waals surface area contributed by atoms with Gasteiger partial charge in [0, 0.05) is 58.1 Å². The Morgan fingerprint density at radius 3 is 2.62 bits per heavy atom. The number of aliphatic hydroxyl groups is 2. The summed E-state index contributed by atoms with van der Waals surface area (Å²) in [7, 11) is 3.29. The van der Waals surface area contributed by atoms with Gasteiger partial charge in [0.2, 0.25) is 6.73 Å². The summed E-state index contributed by atoms with van der Waals surface area (Å²) in [5.74, 6) is -1.19. The summed E-state index contributed by atoms with van der Waals surface area (Å²) in [5, 5.41) is 33.1. The van der Waals surface area contributed by atoms with Crippen molar-refractivity contribution >= 4 is 33.6 Å². The second kappa shape index (κ2) is 14.1. The Labute approximate surface area is 306 Å². The van der Waals surface area contributed by atoms with Crippen LogP contribution in [0.25, 0.3) is 32.9 Å². The zero-order valence-electron chi connectivity index (χ0n) is 30.6. The molecule has 53 heavy (non-hydrogen) atoms. The lowest BCUT2D eigenvalue weighted by Crippen LogP contribution is -2.60. The number of phenolic OH excluding ortho intramolecular Hbond substituents is 1. The number of fused-ring (bicyclic) bond motifs is 3. The fourth-order valence-electron chi connectivity index (χ4n) is 8.60. The number of rotatable bonds is 9. The molecular weight excluding hydrogens is 690 g/mol. The van der Waals surface area contributed by atoms with Crippen LogP contribution in [0.1, 0.15) is 45.1 Å². The Hall–Kier alpha value is -4.44. The van der Waals surface area contributed by atoms with E-state index in [2.05, 4.69) is 9.97 Å². The molecule has 0 bridgehead atoms. The van der Waals surface area contributed by atoms with Crippen molar-refractivity contribution in [1.29, 1.82) is 0 Å². The smallest absolute Gasteiger partial charge is 0.413 e. The first kappa shape index (κ1) is 36.9. The summed E-state index contributed by atoms with van der Waals surface area (Å²) in [5.41, 5.74) is -1.42. The number of carbonyl (C=O) groups is 1. The number of aromatic hydroxyl groups is 1. The highest BCUT2D eigenvalue weighted by Crippen LogP contribution is 2.47. The molecule has 2 atom stereocenters. The maximum Gasteiger partial charge on any atom is 0.413 e. The normalized spacial score (nSPS) is 25.8. The Kier molecular flexibility index (Phi) is 9.81. The number of aryl methyl sites for hydroxylation is 1. The number of phenols is 1. The van der Waals surface area contributed by atoms with Gasteiger partial charge in [-0.05, 0) is 47.9 Å². The molecule has 0 spiro atoms. The molecule has 2 aromatic carbocycles. The van der Waals surface area contributed by atoms with Crippen molar-refractivity contribution in [3.05, 3.63) is 47.7 Å². The van der Waals surface area contributed by atoms with Crippen molar-refractivity contribution in [2.45, 2.75) is 63.2 Å². The number of benzene rings is 2. The van der Waals surface area contributed by atoms with Crippen LogP contribution < -0.4 is 9.64 Å². The number of β-amino-alcohol motifs (C(OH)–C–C–N with tert-alkyl or cyclic N) is 1. The lowest BCUT2D eigenvalue weighted by atomic mass is 9.94. The first-order chi connectivity index (χ1) is 25.3. The van der Waals surface area contributed by atoms with Gasteiger partial charge in [-0.2, -0.15) is 9.97 Å². The van der Waals surface area contributed by atoms with Crippen LogP contribution >= 0.6 is 0 Å². The Morgan fingerprint density at radius 2 is 1.92 bits per heavy atom. The Bertz CT molecular complexity index is 2040. The third-order valence-electron chi connectivity index (χ3n) is 11.2. The second-order valence-electron chi connectivity index (χ2n) is 15.2. The van der Waals surface area contributed by atoms with Crippen LogP contribution in [0.5, 0.6) is 11.8 Å². The van der Waals surface area contributed by atoms with E-state index < -0.39 is 29.4 Å². The van der Waals surface area contributed by atoms with Crippen molar-refractivity contribution in [2.75, 3.05) is 71.7 Å². The molecule has 3 fully saturated rings. The van der Waals surface area contributed by atoms with Crippen LogP contribution in [-0.2, 0) is 15.9 Å². The van der Waals surface area contributed by atoms with Crippen LogP contribution in [0.2, 0.25) is 0 Å². The molecule has 0 saturated carbocycles. The minimum Gasteiger partial charge on any atom is -0.508 e. The second-order valence-corrected chi connectivity index (χ2v) is 15.2. The van der Waals surface area contributed by atoms with E-state index in [9.17, 15) is 20.1 Å². The SMILES string of the molecule is CCc1c(F)ccc2cc(O)cc(-c3ncc4c(N5CC(CO)OCC(C)(O)C5)nc(OCC56CCC[N+]5(COC(=O)N(C)C)CCC6)nc4c3F)c12. The summed E-state index contributed by atoms with van der Waals surface area (Å²) in [4.78, 5) is 29.5. The molecule has 1 amide bonds. The van der Waals surface area contributed by atoms with Gasteiger partial charge in [0.1, 0.15) is 46.3 Å². The maximum atomic E-state index is 17.1. The predicted molar refractivity (Wildman–Crippen MR) is 193 cm³/mol. The summed E-state index contributed by atoms with van der Waals surface area (Å²) in [6, 6.07) is 5.62. The summed E-state index contributed by atoms with van der Waals surface area (Å²) in [6.45, 7) is 5.24. The van der Waals surface area contributed by atoms with Crippen LogP contribution in [0.3, 0.4) is 0 Å². The van der Waals surface area contributed by atoms with Crippen LogP contribution in [-0.4, -0.2) is 130 Å². The molecule has 3 saturated heterocycles. The van der Waals surface area contributed by atoms with Crippen molar-refractivity contribution in [2.24, 2.45) is 0 Å². The minimum absolute atomic E-state index is 0.0376. The average molecular weight is 738 g/mol. The van der Waals surface area contributed by atoms with E-state index in [-0.39, 0.29) is 84.9 Å². The quantitative estimate of drug-likeness (QED) is 0.208. The van der Waals surface area contributed by atoms with Gasteiger partial charge in [-0.1, -0.05) is 13.0 Å². The minimum atomic E-state index is -1.34. The van der Waals surface area contributed by atoms with Crippen LogP contribution in [0.4, 0.5) is 19.4 Å². The number of nitrogens with zero attached hydrogens (tertiary/aromatic N) is 6. The number of aromatic nitrogens is 3. The molecule has 284 valence electrons. The third-order valence-corrected chi connectivity index (χ3v) is 11.2. The van der Waals surface area contributed by atoms with Gasteiger partial charge >= 0.3 is 12.1 Å². The number of ether oxygens (including phenoxy) is 3. The van der Waals surface area contributed by atoms with Crippen molar-refractivity contribution in [3.8, 4) is 23.0 Å². The summed E-state index contributed by atoms with van der Waals surface area (Å²) < 4.78 is 50.7. The molecule has 15 heteroatoms. The molecular formula is C38H47F2N6O7+. The number of quaternary nitrogens is 1. The van der Waals surface area contributed by atoms with Gasteiger partial charge in [0.05, 0.1) is 44.3 Å². The van der Waals surface area contributed by atoms with Crippen LogP contribution in [0, 0.1) is 11.6 Å². The molecule has 4 aromatic rings. The van der Waals surface area contributed by atoms with Crippen molar-refractivity contribution in [3.63, 3.8) is 0 Å². The van der Waals surface area contributed by atoms with E-state index in [4.69, 9.17) is 19.2 Å². The van der Waals surface area contributed by atoms with E-state index in [0.29, 0.717) is 27.2 Å². The van der Waals surface area contributed by atoms with Crippen LogP contribution in [0.15, 0.2) is 30.5 Å². The number of pyridine rings is 1. The van der Waals surface area contributed by atoms with Gasteiger partial charge in [-0.3, -0.25) is 9.47 Å². The molecule has 3 N–H and O–H groups in total. The number of aliphatic hydroxyl groups excluding tert-OH is 1. The summed E-state index contributed by atoms with van der Waals surface area (Å²) in [6.07, 6.45) is 4.16. The van der Waals surface area contributed by atoms with E-state index in [1.54, 1.807) is 32.8 Å². The Morgan fingerprint density at radius 1 is 1.17 bits per heavy atom. The fraction of sp³-hybridized carbons (Fsp3) is 0.526. The predicted octanol–water partition coefficient (Wildman–Crippen LogP) is 4.52. The van der Waals surface area contributed by atoms with E-state index in [1.165, 1.54) is 35.4 Å². The highest BCUT2D eigenvalue weighted by molar-refractivity contribution is 6.01. The molecule has 5 heterocycles. The largest absolute Gasteiger partial charge is 0.508 e. The first-order valence-corrected chi connectivity index (χ1v) is 18.1. The number of amides is 1. The number of anilines is 1. The number of carbonyl (C=O) groups excluding carboxylic acids is 1. The van der Waals surface area contributed by atoms with E-state index >= 15 is 8.78 Å². The third kappa shape index (κ3) is 6.68. The Balaban J connectivity index is 1.35. The zero-order valence-corrected chi connectivity index (χ0v) is 30.6. The zero-order chi connectivity index (χ0) is 37.7. The van der Waals surface area contributed by atoms with Gasteiger partial charge in [-0.25, -0.2) is 13.6 Å². The topological polar surface area (TPSA) is 151 Å². The molecule has 0 radical (unpaired) electrons. The first-order valence-electron chi connectivity index (χ1n) is 18.1. The molecule has 2 aromatic heterocycles. The average Bonchev–Trinajstić information content (AvgIpc) is 3.60. The highest BCUT2D eigenvalue weighted by atomic mass is 19.1. The maximum absolute atomic E-state index is 17.1. The molecule has 3 aliphatic heterocycles. The van der Waals surface area contributed by atoms with Gasteiger partial charge in [-0.15, -0.1) is 0 Å². The molecule has 2 unspecified atom stereocenters. The number of hydrogen-bond donors (Lipinski definition) is 3. The molecule has 7 rings (SSSR count). The highest BCUT2D eigenvalue weighted by Gasteiger charge is 2.59. The van der Waals surface area contributed by atoms with Gasteiger partial charge < -0.3 is 39.3 Å². The van der Waals surface area contributed by atoms with Gasteiger partial charge in [0.25, 0.3) is 0 Å². The molecule has 13 nitrogen and oxygen atoms in total. The van der Waals surface area contributed by atoms with E-state index in [0.717, 1.165) is 38.8 Å². The van der Waals surface area contributed by atoms with E-state index in [1.807, 2.05) is 0 Å². The summed E-state index contributed by atoms with van der Waals surface area (Å²) >= 11 is 0. The molecule has 3 aliphatic rings. The number of hydrogen-bond acceptors (Lipinski definition) is 11. The monoisotopic (exact) mass is 737 g/mol. The standard InChI is InChI=1S/C38H46F2N6O7/c1-5-26-29(39)9-8-23-14-24(48)15-27(30(23)26)32-31(40)33-28(16-41-32)34(45-17-25(18-47)51-20-37(2,50)19-45)43-35(42-33)52-21-38-10-6-12-46(38,13-7-11-38)22-53-36(49)44(3)4/h8-9,14-16,25,47,50H,5-7,10-13,17-22H2,1-4H3/p+1. The van der Waals surface area contributed by atoms with Gasteiger partial charge in [0.15, 0.2) is 5.82 Å². The lowest BCUT2D eigenvalue weighted by Gasteiger charge is -2.42. The van der Waals surface area contributed by atoms with Crippen molar-refractivity contribution in [1.82, 2.24) is 19.9 Å². The van der Waals surface area contributed by atoms with Crippen molar-refractivity contribution < 1.29 is 47.6 Å². The number of halogens is 2. The fourth-order valence-corrected chi connectivity index (χ4v) is 8.60. The lowest BCUT2D eigenvalue weighted by molar-refractivity contribution is -0.966.